The van der Waals surface area contributed by atoms with Crippen LogP contribution >= 0.6 is 0 Å². The van der Waals surface area contributed by atoms with Crippen molar-refractivity contribution in [3.05, 3.63) is 66.5 Å². The molecule has 2 N–H and O–H groups in total. The Hall–Kier alpha value is -3.87. The van der Waals surface area contributed by atoms with Gasteiger partial charge < -0.3 is 19.8 Å². The van der Waals surface area contributed by atoms with Crippen molar-refractivity contribution in [2.75, 3.05) is 18.5 Å². The first-order valence-corrected chi connectivity index (χ1v) is 8.87. The Labute approximate surface area is 160 Å². The van der Waals surface area contributed by atoms with Crippen molar-refractivity contribution in [2.45, 2.75) is 0 Å². The number of hydrogen-bond donors (Lipinski definition) is 2. The largest absolute Gasteiger partial charge is 0.486 e. The third-order valence-electron chi connectivity index (χ3n) is 4.46. The average Bonchev–Trinajstić information content (AvgIpc) is 3.16. The number of amides is 1. The number of hydrogen-bond acceptors (Lipinski definition) is 5. The first-order chi connectivity index (χ1) is 13.8. The Balaban J connectivity index is 1.45. The fourth-order valence-corrected chi connectivity index (χ4v) is 3.13. The van der Waals surface area contributed by atoms with Gasteiger partial charge in [0, 0.05) is 35.8 Å². The molecule has 2 aromatic carbocycles. The van der Waals surface area contributed by atoms with E-state index in [-0.39, 0.29) is 5.91 Å². The van der Waals surface area contributed by atoms with Gasteiger partial charge in [-0.1, -0.05) is 12.1 Å². The number of fused-ring (bicyclic) bond motifs is 2. The second-order valence-electron chi connectivity index (χ2n) is 6.38. The number of aromatic amines is 1. The van der Waals surface area contributed by atoms with E-state index in [9.17, 15) is 4.79 Å². The molecule has 138 valence electrons. The van der Waals surface area contributed by atoms with Crippen LogP contribution in [0.1, 0.15) is 10.4 Å². The smallest absolute Gasteiger partial charge is 0.257 e. The minimum Gasteiger partial charge on any atom is -0.486 e. The number of imidazole rings is 1. The number of carbonyl (C=O) groups is 1. The van der Waals surface area contributed by atoms with Gasteiger partial charge in [-0.2, -0.15) is 0 Å². The zero-order valence-corrected chi connectivity index (χ0v) is 14.8. The molecule has 1 amide bonds. The topological polar surface area (TPSA) is 89.1 Å². The average molecular weight is 372 g/mol. The molecule has 2 aromatic heterocycles. The summed E-state index contributed by atoms with van der Waals surface area (Å²) in [5, 5.41) is 2.89. The van der Waals surface area contributed by atoms with Crippen molar-refractivity contribution in [3.8, 4) is 22.9 Å². The third-order valence-corrected chi connectivity index (χ3v) is 4.46. The zero-order chi connectivity index (χ0) is 18.9. The van der Waals surface area contributed by atoms with E-state index < -0.39 is 0 Å². The van der Waals surface area contributed by atoms with Crippen molar-refractivity contribution >= 4 is 22.6 Å². The van der Waals surface area contributed by atoms with E-state index in [1.54, 1.807) is 18.3 Å². The van der Waals surface area contributed by atoms with Crippen molar-refractivity contribution in [1.29, 1.82) is 0 Å². The minimum absolute atomic E-state index is 0.211. The highest BCUT2D eigenvalue weighted by Gasteiger charge is 2.15. The molecule has 0 bridgehead atoms. The monoisotopic (exact) mass is 372 g/mol. The number of anilines is 1. The van der Waals surface area contributed by atoms with Crippen LogP contribution in [0.15, 0.2) is 60.9 Å². The molecule has 28 heavy (non-hydrogen) atoms. The van der Waals surface area contributed by atoms with Crippen LogP contribution in [0.2, 0.25) is 0 Å². The molecule has 0 saturated carbocycles. The van der Waals surface area contributed by atoms with Crippen LogP contribution in [0.3, 0.4) is 0 Å². The van der Waals surface area contributed by atoms with E-state index in [1.165, 1.54) is 6.20 Å². The summed E-state index contributed by atoms with van der Waals surface area (Å²) in [6.07, 6.45) is 3.16. The molecule has 0 unspecified atom stereocenters. The van der Waals surface area contributed by atoms with E-state index in [4.69, 9.17) is 9.47 Å². The summed E-state index contributed by atoms with van der Waals surface area (Å²) in [5.74, 6) is 1.91. The van der Waals surface area contributed by atoms with Crippen LogP contribution in [-0.2, 0) is 0 Å². The highest BCUT2D eigenvalue weighted by molar-refractivity contribution is 6.04. The Morgan fingerprint density at radius 3 is 2.71 bits per heavy atom. The summed E-state index contributed by atoms with van der Waals surface area (Å²) in [7, 11) is 0. The lowest BCUT2D eigenvalue weighted by atomic mass is 10.2. The van der Waals surface area contributed by atoms with Crippen LogP contribution < -0.4 is 14.8 Å². The second kappa shape index (κ2) is 6.70. The molecule has 1 aliphatic heterocycles. The third kappa shape index (κ3) is 3.03. The maximum atomic E-state index is 12.3. The van der Waals surface area contributed by atoms with Gasteiger partial charge in [0.15, 0.2) is 11.5 Å². The van der Waals surface area contributed by atoms with Gasteiger partial charge in [-0.15, -0.1) is 0 Å². The number of rotatable bonds is 3. The number of H-pyrrole nitrogens is 1. The van der Waals surface area contributed by atoms with Crippen molar-refractivity contribution in [2.24, 2.45) is 0 Å². The van der Waals surface area contributed by atoms with Crippen LogP contribution in [-0.4, -0.2) is 34.1 Å². The van der Waals surface area contributed by atoms with Gasteiger partial charge >= 0.3 is 0 Å². The van der Waals surface area contributed by atoms with Gasteiger partial charge in [-0.25, -0.2) is 4.98 Å². The van der Waals surface area contributed by atoms with E-state index >= 15 is 0 Å². The lowest BCUT2D eigenvalue weighted by Gasteiger charge is -2.17. The Morgan fingerprint density at radius 2 is 1.89 bits per heavy atom. The lowest BCUT2D eigenvalue weighted by Crippen LogP contribution is -2.15. The Morgan fingerprint density at radius 1 is 1.04 bits per heavy atom. The maximum absolute atomic E-state index is 12.3. The lowest BCUT2D eigenvalue weighted by molar-refractivity contribution is 0.102. The normalized spacial score (nSPS) is 12.7. The fourth-order valence-electron chi connectivity index (χ4n) is 3.13. The van der Waals surface area contributed by atoms with Crippen LogP contribution in [0.5, 0.6) is 11.5 Å². The molecule has 0 aliphatic carbocycles. The van der Waals surface area contributed by atoms with Crippen molar-refractivity contribution < 1.29 is 14.3 Å². The van der Waals surface area contributed by atoms with E-state index in [1.807, 2.05) is 36.4 Å². The molecule has 3 heterocycles. The summed E-state index contributed by atoms with van der Waals surface area (Å²) in [6.45, 7) is 1.08. The van der Waals surface area contributed by atoms with Gasteiger partial charge in [-0.05, 0) is 24.3 Å². The second-order valence-corrected chi connectivity index (χ2v) is 6.38. The summed E-state index contributed by atoms with van der Waals surface area (Å²) in [4.78, 5) is 24.3. The maximum Gasteiger partial charge on any atom is 0.257 e. The summed E-state index contributed by atoms with van der Waals surface area (Å²) in [5.41, 5.74) is 3.70. The van der Waals surface area contributed by atoms with E-state index in [0.29, 0.717) is 41.8 Å². The van der Waals surface area contributed by atoms with Crippen molar-refractivity contribution in [3.63, 3.8) is 0 Å². The van der Waals surface area contributed by atoms with Gasteiger partial charge in [-0.3, -0.25) is 9.78 Å². The first kappa shape index (κ1) is 16.3. The molecule has 0 radical (unpaired) electrons. The van der Waals surface area contributed by atoms with E-state index in [2.05, 4.69) is 20.3 Å². The number of aromatic nitrogens is 3. The Bertz CT molecular complexity index is 1130. The molecule has 0 spiro atoms. The van der Waals surface area contributed by atoms with Gasteiger partial charge in [0.25, 0.3) is 5.91 Å². The quantitative estimate of drug-likeness (QED) is 0.573. The number of pyridine rings is 1. The highest BCUT2D eigenvalue weighted by atomic mass is 16.6. The van der Waals surface area contributed by atoms with Crippen LogP contribution in [0.25, 0.3) is 22.4 Å². The van der Waals surface area contributed by atoms with Gasteiger partial charge in [0.1, 0.15) is 19.0 Å². The molecule has 7 nitrogen and oxygen atoms in total. The number of nitrogens with zero attached hydrogens (tertiary/aromatic N) is 2. The minimum atomic E-state index is -0.211. The predicted molar refractivity (Wildman–Crippen MR) is 105 cm³/mol. The van der Waals surface area contributed by atoms with Crippen molar-refractivity contribution in [1.82, 2.24) is 15.0 Å². The number of nitrogens with one attached hydrogen (secondary N) is 2. The summed E-state index contributed by atoms with van der Waals surface area (Å²) < 4.78 is 11.2. The molecule has 0 atom stereocenters. The number of ether oxygens (including phenoxy) is 2. The summed E-state index contributed by atoms with van der Waals surface area (Å²) in [6, 6.07) is 14.7. The van der Waals surface area contributed by atoms with Gasteiger partial charge in [0.2, 0.25) is 0 Å². The molecule has 0 fully saturated rings. The molecular formula is C21H16N4O3. The molecule has 0 saturated heterocycles. The zero-order valence-electron chi connectivity index (χ0n) is 14.8. The van der Waals surface area contributed by atoms with E-state index in [0.717, 1.165) is 16.6 Å². The standard InChI is InChI=1S/C21H16N4O3/c26-21(14-4-2-6-22-12-14)23-15-5-1-3-13(9-15)20-24-16-10-18-19(11-17(16)25-20)28-8-7-27-18/h1-6,9-12H,7-8H2,(H,23,26)(H,24,25). The molecule has 4 aromatic rings. The molecular weight excluding hydrogens is 356 g/mol. The molecule has 1 aliphatic rings. The molecule has 7 heteroatoms. The highest BCUT2D eigenvalue weighted by Crippen LogP contribution is 2.35. The van der Waals surface area contributed by atoms with Gasteiger partial charge in [0.05, 0.1) is 16.6 Å². The Kier molecular flexibility index (Phi) is 3.90. The van der Waals surface area contributed by atoms with Crippen LogP contribution in [0, 0.1) is 0 Å². The predicted octanol–water partition coefficient (Wildman–Crippen LogP) is 3.65. The summed E-state index contributed by atoms with van der Waals surface area (Å²) >= 11 is 0. The van der Waals surface area contributed by atoms with Crippen LogP contribution in [0.4, 0.5) is 5.69 Å². The SMILES string of the molecule is O=C(Nc1cccc(-c2nc3cc4c(cc3[nH]2)OCCO4)c1)c1cccnc1. The number of benzene rings is 2. The fraction of sp³-hybridized carbons (Fsp3) is 0.0952. The molecule has 5 rings (SSSR count). The number of carbonyl (C=O) groups excluding carboxylic acids is 1. The first-order valence-electron chi connectivity index (χ1n) is 8.87.